The molecule has 2 aromatic rings. The molecule has 0 atom stereocenters. The summed E-state index contributed by atoms with van der Waals surface area (Å²) >= 11 is 3.10. The van der Waals surface area contributed by atoms with Crippen molar-refractivity contribution in [2.75, 3.05) is 11.1 Å². The zero-order valence-electron chi connectivity index (χ0n) is 8.11. The molecular formula is C10H8BrFN4. The molecule has 1 heterocycles. The van der Waals surface area contributed by atoms with Crippen LogP contribution in [0.5, 0.6) is 0 Å². The molecule has 1 aromatic heterocycles. The lowest BCUT2D eigenvalue weighted by molar-refractivity contribution is 0.621. The smallest absolute Gasteiger partial charge is 0.221 e. The van der Waals surface area contributed by atoms with Gasteiger partial charge in [-0.1, -0.05) is 0 Å². The average Bonchev–Trinajstić information content (AvgIpc) is 2.24. The Hall–Kier alpha value is -1.69. The lowest BCUT2D eigenvalue weighted by Crippen LogP contribution is -1.99. The summed E-state index contributed by atoms with van der Waals surface area (Å²) in [6.07, 6.45) is 1.54. The predicted molar refractivity (Wildman–Crippen MR) is 63.8 cm³/mol. The molecule has 2 rings (SSSR count). The number of nitrogens with two attached hydrogens (primary N) is 1. The second kappa shape index (κ2) is 4.44. The lowest BCUT2D eigenvalue weighted by atomic mass is 10.3. The summed E-state index contributed by atoms with van der Waals surface area (Å²) in [6.45, 7) is 0. The first-order valence-corrected chi connectivity index (χ1v) is 5.25. The number of aromatic nitrogens is 2. The van der Waals surface area contributed by atoms with E-state index in [4.69, 9.17) is 5.73 Å². The van der Waals surface area contributed by atoms with Crippen molar-refractivity contribution in [3.05, 3.63) is 40.8 Å². The SMILES string of the molecule is Nc1nccc(Nc2ccc(F)c(Br)c2)n1. The molecule has 0 bridgehead atoms. The molecule has 0 saturated carbocycles. The molecule has 0 aliphatic carbocycles. The average molecular weight is 283 g/mol. The maximum Gasteiger partial charge on any atom is 0.221 e. The molecule has 0 amide bonds. The third-order valence-electron chi connectivity index (χ3n) is 1.87. The Kier molecular flexibility index (Phi) is 3.00. The summed E-state index contributed by atoms with van der Waals surface area (Å²) in [6, 6.07) is 6.26. The molecule has 1 aromatic carbocycles. The third kappa shape index (κ3) is 2.46. The van der Waals surface area contributed by atoms with Gasteiger partial charge in [-0.2, -0.15) is 4.98 Å². The van der Waals surface area contributed by atoms with Crippen LogP contribution in [0.1, 0.15) is 0 Å². The quantitative estimate of drug-likeness (QED) is 0.889. The Morgan fingerprint density at radius 3 is 2.81 bits per heavy atom. The second-order valence-electron chi connectivity index (χ2n) is 3.05. The van der Waals surface area contributed by atoms with Gasteiger partial charge < -0.3 is 11.1 Å². The van der Waals surface area contributed by atoms with Crippen LogP contribution in [0.25, 0.3) is 0 Å². The maximum absolute atomic E-state index is 13.0. The normalized spacial score (nSPS) is 10.1. The van der Waals surface area contributed by atoms with Gasteiger partial charge in [0.25, 0.3) is 0 Å². The van der Waals surface area contributed by atoms with Gasteiger partial charge in [-0.25, -0.2) is 9.37 Å². The molecule has 82 valence electrons. The van der Waals surface area contributed by atoms with Crippen LogP contribution >= 0.6 is 15.9 Å². The van der Waals surface area contributed by atoms with Gasteiger partial charge in [-0.15, -0.1) is 0 Å². The summed E-state index contributed by atoms with van der Waals surface area (Å²) in [5.74, 6) is 0.435. The summed E-state index contributed by atoms with van der Waals surface area (Å²) in [7, 11) is 0. The highest BCUT2D eigenvalue weighted by Crippen LogP contribution is 2.22. The highest BCUT2D eigenvalue weighted by molar-refractivity contribution is 9.10. The van der Waals surface area contributed by atoms with Crippen LogP contribution in [0, 0.1) is 5.82 Å². The number of rotatable bonds is 2. The third-order valence-corrected chi connectivity index (χ3v) is 2.47. The van der Waals surface area contributed by atoms with Crippen molar-refractivity contribution < 1.29 is 4.39 Å². The topological polar surface area (TPSA) is 63.8 Å². The molecule has 0 unspecified atom stereocenters. The van der Waals surface area contributed by atoms with E-state index in [0.717, 1.165) is 0 Å². The van der Waals surface area contributed by atoms with Crippen molar-refractivity contribution in [2.45, 2.75) is 0 Å². The zero-order valence-corrected chi connectivity index (χ0v) is 9.70. The minimum Gasteiger partial charge on any atom is -0.368 e. The van der Waals surface area contributed by atoms with Gasteiger partial charge in [0.05, 0.1) is 4.47 Å². The van der Waals surface area contributed by atoms with Crippen LogP contribution in [0.4, 0.5) is 21.8 Å². The fourth-order valence-corrected chi connectivity index (χ4v) is 1.54. The number of halogens is 2. The van der Waals surface area contributed by atoms with Crippen molar-refractivity contribution in [2.24, 2.45) is 0 Å². The van der Waals surface area contributed by atoms with Gasteiger partial charge in [0.2, 0.25) is 5.95 Å². The Morgan fingerprint density at radius 2 is 2.12 bits per heavy atom. The number of hydrogen-bond donors (Lipinski definition) is 2. The van der Waals surface area contributed by atoms with E-state index in [9.17, 15) is 4.39 Å². The van der Waals surface area contributed by atoms with Crippen LogP contribution in [0.3, 0.4) is 0 Å². The predicted octanol–water partition coefficient (Wildman–Crippen LogP) is 2.70. The van der Waals surface area contributed by atoms with Crippen molar-refractivity contribution in [1.82, 2.24) is 9.97 Å². The van der Waals surface area contributed by atoms with E-state index in [1.165, 1.54) is 6.07 Å². The summed E-state index contributed by atoms with van der Waals surface area (Å²) in [4.78, 5) is 7.74. The number of anilines is 3. The van der Waals surface area contributed by atoms with Crippen LogP contribution in [-0.4, -0.2) is 9.97 Å². The van der Waals surface area contributed by atoms with E-state index in [2.05, 4.69) is 31.2 Å². The number of nitrogen functional groups attached to an aromatic ring is 1. The molecule has 0 aliphatic rings. The van der Waals surface area contributed by atoms with Gasteiger partial charge in [-0.3, -0.25) is 0 Å². The molecule has 0 saturated heterocycles. The van der Waals surface area contributed by atoms with E-state index in [-0.39, 0.29) is 11.8 Å². The highest BCUT2D eigenvalue weighted by Gasteiger charge is 2.01. The lowest BCUT2D eigenvalue weighted by Gasteiger charge is -2.06. The maximum atomic E-state index is 13.0. The van der Waals surface area contributed by atoms with Crippen molar-refractivity contribution >= 4 is 33.4 Å². The molecule has 0 spiro atoms. The summed E-state index contributed by atoms with van der Waals surface area (Å²) in [5, 5.41) is 2.98. The van der Waals surface area contributed by atoms with Crippen LogP contribution in [0.2, 0.25) is 0 Å². The van der Waals surface area contributed by atoms with E-state index in [1.807, 2.05) is 0 Å². The molecule has 0 fully saturated rings. The number of nitrogens with one attached hydrogen (secondary N) is 1. The summed E-state index contributed by atoms with van der Waals surface area (Å²) in [5.41, 5.74) is 6.15. The van der Waals surface area contributed by atoms with Crippen LogP contribution < -0.4 is 11.1 Å². The van der Waals surface area contributed by atoms with Gasteiger partial charge in [-0.05, 0) is 40.2 Å². The molecule has 6 heteroatoms. The fraction of sp³-hybridized carbons (Fsp3) is 0. The van der Waals surface area contributed by atoms with Gasteiger partial charge in [0.1, 0.15) is 11.6 Å². The summed E-state index contributed by atoms with van der Waals surface area (Å²) < 4.78 is 13.4. The molecular weight excluding hydrogens is 275 g/mol. The van der Waals surface area contributed by atoms with Gasteiger partial charge in [0.15, 0.2) is 0 Å². The van der Waals surface area contributed by atoms with Crippen molar-refractivity contribution in [1.29, 1.82) is 0 Å². The first kappa shape index (κ1) is 10.8. The molecule has 16 heavy (non-hydrogen) atoms. The van der Waals surface area contributed by atoms with Crippen LogP contribution in [0.15, 0.2) is 34.9 Å². The highest BCUT2D eigenvalue weighted by atomic mass is 79.9. The minimum atomic E-state index is -0.312. The first-order chi connectivity index (χ1) is 7.65. The largest absolute Gasteiger partial charge is 0.368 e. The Bertz CT molecular complexity index is 518. The Labute approximate surface area is 99.9 Å². The molecule has 3 N–H and O–H groups in total. The molecule has 4 nitrogen and oxygen atoms in total. The van der Waals surface area contributed by atoms with E-state index in [0.29, 0.717) is 16.0 Å². The fourth-order valence-electron chi connectivity index (χ4n) is 1.17. The minimum absolute atomic E-state index is 0.186. The second-order valence-corrected chi connectivity index (χ2v) is 3.91. The van der Waals surface area contributed by atoms with E-state index < -0.39 is 0 Å². The Morgan fingerprint density at radius 1 is 1.31 bits per heavy atom. The van der Waals surface area contributed by atoms with Crippen molar-refractivity contribution in [3.63, 3.8) is 0 Å². The molecule has 0 radical (unpaired) electrons. The molecule has 0 aliphatic heterocycles. The van der Waals surface area contributed by atoms with E-state index >= 15 is 0 Å². The Balaban J connectivity index is 2.24. The van der Waals surface area contributed by atoms with Gasteiger partial charge in [0, 0.05) is 11.9 Å². The van der Waals surface area contributed by atoms with Crippen LogP contribution in [-0.2, 0) is 0 Å². The van der Waals surface area contributed by atoms with Gasteiger partial charge >= 0.3 is 0 Å². The number of hydrogen-bond acceptors (Lipinski definition) is 4. The van der Waals surface area contributed by atoms with Crippen molar-refractivity contribution in [3.8, 4) is 0 Å². The zero-order chi connectivity index (χ0) is 11.5. The standard InChI is InChI=1S/C10H8BrFN4/c11-7-5-6(1-2-8(7)12)15-9-3-4-14-10(13)16-9/h1-5H,(H3,13,14,15,16). The first-order valence-electron chi connectivity index (χ1n) is 4.46. The monoisotopic (exact) mass is 282 g/mol. The number of nitrogens with zero attached hydrogens (tertiary/aromatic N) is 2. The number of benzene rings is 1. The van der Waals surface area contributed by atoms with E-state index in [1.54, 1.807) is 24.4 Å².